The van der Waals surface area contributed by atoms with Crippen LogP contribution >= 0.6 is 0 Å². The molecule has 7 heteroatoms. The van der Waals surface area contributed by atoms with Crippen molar-refractivity contribution in [2.24, 2.45) is 0 Å². The number of fused-ring (bicyclic) bond motifs is 2. The Hall–Kier alpha value is -3.22. The fourth-order valence-electron chi connectivity index (χ4n) is 2.88. The molecule has 4 rings (SSSR count). The third-order valence-electron chi connectivity index (χ3n) is 3.95. The fourth-order valence-corrected chi connectivity index (χ4v) is 2.88. The van der Waals surface area contributed by atoms with Crippen LogP contribution in [0.4, 0.5) is 9.18 Å². The van der Waals surface area contributed by atoms with Crippen LogP contribution in [0.25, 0.3) is 16.9 Å². The number of hydrogen-bond donors (Lipinski definition) is 1. The molecule has 0 radical (unpaired) electrons. The zero-order valence-electron chi connectivity index (χ0n) is 11.7. The first-order valence-corrected chi connectivity index (χ1v) is 6.86. The van der Waals surface area contributed by atoms with Gasteiger partial charge in [0.15, 0.2) is 0 Å². The number of imidazole rings is 1. The molecule has 0 atom stereocenters. The minimum Gasteiger partial charge on any atom is -0.465 e. The molecule has 2 amide bonds. The average molecular weight is 311 g/mol. The molecule has 0 spiro atoms. The molecule has 2 aromatic heterocycles. The highest BCUT2D eigenvalue weighted by Crippen LogP contribution is 2.33. The summed E-state index contributed by atoms with van der Waals surface area (Å²) in [6.07, 6.45) is 1.86. The van der Waals surface area contributed by atoms with Gasteiger partial charge in [-0.25, -0.2) is 19.1 Å². The lowest BCUT2D eigenvalue weighted by Gasteiger charge is -2.08. The number of carboxylic acid groups (broad SMARTS) is 1. The van der Waals surface area contributed by atoms with Gasteiger partial charge in [-0.15, -0.1) is 0 Å². The largest absolute Gasteiger partial charge is 0.465 e. The van der Waals surface area contributed by atoms with E-state index in [0.717, 1.165) is 4.90 Å². The lowest BCUT2D eigenvalue weighted by atomic mass is 10.0. The Bertz CT molecular complexity index is 980. The van der Waals surface area contributed by atoms with Gasteiger partial charge >= 0.3 is 6.09 Å². The normalized spacial score (nSPS) is 13.6. The number of hydrogen-bond acceptors (Lipinski definition) is 3. The summed E-state index contributed by atoms with van der Waals surface area (Å²) in [7, 11) is 0. The number of benzene rings is 1. The molecular formula is C16H10FN3O3. The summed E-state index contributed by atoms with van der Waals surface area (Å²) in [4.78, 5) is 28.3. The molecule has 1 aliphatic heterocycles. The molecule has 0 fully saturated rings. The number of nitrogens with zero attached hydrogens (tertiary/aromatic N) is 3. The van der Waals surface area contributed by atoms with Crippen molar-refractivity contribution in [3.05, 3.63) is 59.7 Å². The number of pyridine rings is 1. The second-order valence-electron chi connectivity index (χ2n) is 5.22. The van der Waals surface area contributed by atoms with Gasteiger partial charge in [0.05, 0.1) is 18.4 Å². The Morgan fingerprint density at radius 2 is 2.04 bits per heavy atom. The highest BCUT2D eigenvalue weighted by molar-refractivity contribution is 6.07. The molecule has 3 heterocycles. The maximum absolute atomic E-state index is 13.3. The van der Waals surface area contributed by atoms with Gasteiger partial charge in [0, 0.05) is 23.4 Å². The first kappa shape index (κ1) is 13.4. The van der Waals surface area contributed by atoms with Crippen LogP contribution < -0.4 is 0 Å². The number of imide groups is 1. The maximum atomic E-state index is 13.3. The Labute approximate surface area is 129 Å². The number of halogens is 1. The molecule has 0 unspecified atom stereocenters. The molecule has 6 nitrogen and oxygen atoms in total. The third kappa shape index (κ3) is 1.90. The average Bonchev–Trinajstić information content (AvgIpc) is 3.08. The highest BCUT2D eigenvalue weighted by atomic mass is 19.1. The van der Waals surface area contributed by atoms with E-state index in [0.29, 0.717) is 28.0 Å². The van der Waals surface area contributed by atoms with Crippen LogP contribution in [0.15, 0.2) is 42.7 Å². The molecule has 1 aromatic carbocycles. The van der Waals surface area contributed by atoms with Crippen LogP contribution in [0.2, 0.25) is 0 Å². The zero-order valence-corrected chi connectivity index (χ0v) is 11.7. The van der Waals surface area contributed by atoms with Crippen molar-refractivity contribution in [2.75, 3.05) is 0 Å². The molecule has 1 N–H and O–H groups in total. The molecule has 114 valence electrons. The van der Waals surface area contributed by atoms with Gasteiger partial charge in [-0.05, 0) is 17.7 Å². The van der Waals surface area contributed by atoms with Crippen molar-refractivity contribution in [2.45, 2.75) is 6.54 Å². The predicted octanol–water partition coefficient (Wildman–Crippen LogP) is 2.77. The molecule has 23 heavy (non-hydrogen) atoms. The monoisotopic (exact) mass is 311 g/mol. The van der Waals surface area contributed by atoms with E-state index in [1.807, 2.05) is 0 Å². The van der Waals surface area contributed by atoms with E-state index in [-0.39, 0.29) is 12.4 Å². The first-order valence-electron chi connectivity index (χ1n) is 6.86. The van der Waals surface area contributed by atoms with Gasteiger partial charge in [-0.2, -0.15) is 0 Å². The summed E-state index contributed by atoms with van der Waals surface area (Å²) in [5.41, 5.74) is 2.82. The lowest BCUT2D eigenvalue weighted by Crippen LogP contribution is -2.29. The van der Waals surface area contributed by atoms with E-state index < -0.39 is 12.0 Å². The van der Waals surface area contributed by atoms with E-state index in [1.54, 1.807) is 35.0 Å². The topological polar surface area (TPSA) is 74.9 Å². The maximum Gasteiger partial charge on any atom is 0.414 e. The molecule has 0 saturated carbocycles. The van der Waals surface area contributed by atoms with Crippen LogP contribution in [-0.4, -0.2) is 31.4 Å². The summed E-state index contributed by atoms with van der Waals surface area (Å²) in [6.45, 7) is -0.00585. The Morgan fingerprint density at radius 3 is 2.83 bits per heavy atom. The second kappa shape index (κ2) is 4.64. The molecule has 0 bridgehead atoms. The van der Waals surface area contributed by atoms with Gasteiger partial charge in [0.1, 0.15) is 11.5 Å². The summed E-state index contributed by atoms with van der Waals surface area (Å²) in [5.74, 6) is -0.922. The van der Waals surface area contributed by atoms with Crippen LogP contribution in [0.3, 0.4) is 0 Å². The van der Waals surface area contributed by atoms with E-state index >= 15 is 0 Å². The molecule has 3 aromatic rings. The van der Waals surface area contributed by atoms with Crippen molar-refractivity contribution in [3.63, 3.8) is 0 Å². The molecular weight excluding hydrogens is 301 g/mol. The smallest absolute Gasteiger partial charge is 0.414 e. The van der Waals surface area contributed by atoms with Crippen LogP contribution in [0.5, 0.6) is 0 Å². The van der Waals surface area contributed by atoms with Gasteiger partial charge in [-0.3, -0.25) is 9.20 Å². The zero-order chi connectivity index (χ0) is 16.1. The number of carbonyl (C=O) groups excluding carboxylic acids is 1. The standard InChI is InChI=1S/C16H10FN3O3/c17-9-4-5-19-13(7-18-14(19)6-9)10-2-1-3-11-12(10)8-20(15(11)21)16(22)23/h1-7H,8H2,(H,22,23). The van der Waals surface area contributed by atoms with Crippen LogP contribution in [0.1, 0.15) is 15.9 Å². The van der Waals surface area contributed by atoms with Gasteiger partial charge in [0.2, 0.25) is 0 Å². The number of carbonyl (C=O) groups is 2. The Morgan fingerprint density at radius 1 is 1.26 bits per heavy atom. The van der Waals surface area contributed by atoms with Crippen molar-refractivity contribution >= 4 is 17.6 Å². The highest BCUT2D eigenvalue weighted by Gasteiger charge is 2.34. The van der Waals surface area contributed by atoms with Crippen molar-refractivity contribution in [3.8, 4) is 11.3 Å². The van der Waals surface area contributed by atoms with Gasteiger partial charge in [0.25, 0.3) is 5.91 Å². The van der Waals surface area contributed by atoms with Crippen molar-refractivity contribution < 1.29 is 19.1 Å². The van der Waals surface area contributed by atoms with Crippen molar-refractivity contribution in [1.29, 1.82) is 0 Å². The summed E-state index contributed by atoms with van der Waals surface area (Å²) >= 11 is 0. The first-order chi connectivity index (χ1) is 11.1. The van der Waals surface area contributed by atoms with Crippen LogP contribution in [0, 0.1) is 5.82 Å². The number of aromatic nitrogens is 2. The van der Waals surface area contributed by atoms with Crippen LogP contribution in [-0.2, 0) is 6.54 Å². The Balaban J connectivity index is 1.92. The fraction of sp³-hybridized carbons (Fsp3) is 0.0625. The van der Waals surface area contributed by atoms with Gasteiger partial charge < -0.3 is 5.11 Å². The van der Waals surface area contributed by atoms with Crippen molar-refractivity contribution in [1.82, 2.24) is 14.3 Å². The third-order valence-corrected chi connectivity index (χ3v) is 3.95. The van der Waals surface area contributed by atoms with E-state index in [9.17, 15) is 14.0 Å². The quantitative estimate of drug-likeness (QED) is 0.750. The van der Waals surface area contributed by atoms with E-state index in [2.05, 4.69) is 4.98 Å². The molecule has 0 saturated heterocycles. The molecule has 1 aliphatic rings. The van der Waals surface area contributed by atoms with E-state index in [4.69, 9.17) is 5.11 Å². The summed E-state index contributed by atoms with van der Waals surface area (Å²) in [6, 6.07) is 7.72. The predicted molar refractivity (Wildman–Crippen MR) is 78.5 cm³/mol. The SMILES string of the molecule is O=C(O)N1Cc2c(cccc2-c2cnc3cc(F)ccn23)C1=O. The van der Waals surface area contributed by atoms with E-state index in [1.165, 1.54) is 12.1 Å². The lowest BCUT2D eigenvalue weighted by molar-refractivity contribution is 0.0764. The minimum absolute atomic E-state index is 0.00585. The Kier molecular flexibility index (Phi) is 2.71. The number of amides is 2. The minimum atomic E-state index is -1.28. The van der Waals surface area contributed by atoms with Gasteiger partial charge in [-0.1, -0.05) is 12.1 Å². The summed E-state index contributed by atoms with van der Waals surface area (Å²) < 4.78 is 15.0. The molecule has 0 aliphatic carbocycles. The summed E-state index contributed by atoms with van der Waals surface area (Å²) in [5, 5.41) is 9.13. The number of rotatable bonds is 1. The second-order valence-corrected chi connectivity index (χ2v) is 5.22.